The maximum atomic E-state index is 5.97. The van der Waals surface area contributed by atoms with Crippen molar-refractivity contribution in [2.45, 2.75) is 26.3 Å². The van der Waals surface area contributed by atoms with Crippen LogP contribution in [0.2, 0.25) is 5.02 Å². The van der Waals surface area contributed by atoms with Crippen molar-refractivity contribution >= 4 is 11.6 Å². The van der Waals surface area contributed by atoms with Crippen molar-refractivity contribution in [2.75, 3.05) is 0 Å². The standard InChI is InChI=1S/C10H14ClN/c1-7-8(10(2,3)12)5-4-6-9(7)11/h4-6H,12H2,1-3H3. The van der Waals surface area contributed by atoms with Gasteiger partial charge in [0.2, 0.25) is 0 Å². The van der Waals surface area contributed by atoms with Crippen LogP contribution in [0.25, 0.3) is 0 Å². The predicted octanol–water partition coefficient (Wildman–Crippen LogP) is 2.84. The van der Waals surface area contributed by atoms with Gasteiger partial charge in [0.05, 0.1) is 0 Å². The SMILES string of the molecule is Cc1c(Cl)cccc1C(C)(C)N. The van der Waals surface area contributed by atoms with Crippen LogP contribution in [0.3, 0.4) is 0 Å². The molecule has 0 bridgehead atoms. The van der Waals surface area contributed by atoms with Crippen molar-refractivity contribution in [3.63, 3.8) is 0 Å². The van der Waals surface area contributed by atoms with Crippen LogP contribution in [0.15, 0.2) is 18.2 Å². The number of rotatable bonds is 1. The molecule has 2 heteroatoms. The van der Waals surface area contributed by atoms with Crippen molar-refractivity contribution in [3.8, 4) is 0 Å². The van der Waals surface area contributed by atoms with Gasteiger partial charge in [0, 0.05) is 10.6 Å². The first-order valence-electron chi connectivity index (χ1n) is 3.97. The molecule has 0 radical (unpaired) electrons. The van der Waals surface area contributed by atoms with E-state index in [1.54, 1.807) is 0 Å². The van der Waals surface area contributed by atoms with Gasteiger partial charge in [-0.15, -0.1) is 0 Å². The summed E-state index contributed by atoms with van der Waals surface area (Å²) >= 11 is 5.96. The zero-order valence-electron chi connectivity index (χ0n) is 7.69. The lowest BCUT2D eigenvalue weighted by Gasteiger charge is -2.21. The van der Waals surface area contributed by atoms with Gasteiger partial charge < -0.3 is 5.73 Å². The fraction of sp³-hybridized carbons (Fsp3) is 0.400. The number of benzene rings is 1. The summed E-state index contributed by atoms with van der Waals surface area (Å²) in [5.74, 6) is 0. The van der Waals surface area contributed by atoms with Crippen LogP contribution in [0, 0.1) is 6.92 Å². The molecule has 0 fully saturated rings. The van der Waals surface area contributed by atoms with Crippen molar-refractivity contribution in [1.82, 2.24) is 0 Å². The Kier molecular flexibility index (Phi) is 2.45. The van der Waals surface area contributed by atoms with Crippen LogP contribution in [0.1, 0.15) is 25.0 Å². The second-order valence-corrected chi connectivity index (χ2v) is 4.04. The zero-order valence-corrected chi connectivity index (χ0v) is 8.44. The molecule has 2 N–H and O–H groups in total. The van der Waals surface area contributed by atoms with Gasteiger partial charge in [0.1, 0.15) is 0 Å². The monoisotopic (exact) mass is 183 g/mol. The highest BCUT2D eigenvalue weighted by molar-refractivity contribution is 6.31. The molecule has 0 spiro atoms. The Morgan fingerprint density at radius 1 is 1.33 bits per heavy atom. The van der Waals surface area contributed by atoms with Crippen molar-refractivity contribution in [2.24, 2.45) is 5.73 Å². The number of hydrogen-bond acceptors (Lipinski definition) is 1. The maximum Gasteiger partial charge on any atom is 0.0438 e. The van der Waals surface area contributed by atoms with E-state index in [-0.39, 0.29) is 5.54 Å². The van der Waals surface area contributed by atoms with Crippen LogP contribution < -0.4 is 5.73 Å². The van der Waals surface area contributed by atoms with Gasteiger partial charge in [-0.2, -0.15) is 0 Å². The van der Waals surface area contributed by atoms with E-state index in [1.165, 1.54) is 0 Å². The average Bonchev–Trinajstić information content (AvgIpc) is 1.92. The second-order valence-electron chi connectivity index (χ2n) is 3.63. The van der Waals surface area contributed by atoms with Crippen molar-refractivity contribution < 1.29 is 0 Å². The zero-order chi connectivity index (χ0) is 9.35. The third kappa shape index (κ3) is 1.79. The van der Waals surface area contributed by atoms with E-state index in [4.69, 9.17) is 17.3 Å². The molecule has 0 saturated heterocycles. The molecule has 12 heavy (non-hydrogen) atoms. The average molecular weight is 184 g/mol. The van der Waals surface area contributed by atoms with Gasteiger partial charge >= 0.3 is 0 Å². The molecule has 0 unspecified atom stereocenters. The second kappa shape index (κ2) is 3.08. The molecule has 0 heterocycles. The van der Waals surface area contributed by atoms with Crippen LogP contribution >= 0.6 is 11.6 Å². The van der Waals surface area contributed by atoms with Crippen LogP contribution in [0.4, 0.5) is 0 Å². The van der Waals surface area contributed by atoms with E-state index in [1.807, 2.05) is 39.0 Å². The molecule has 0 aromatic heterocycles. The van der Waals surface area contributed by atoms with Gasteiger partial charge in [-0.1, -0.05) is 23.7 Å². The Morgan fingerprint density at radius 2 is 1.92 bits per heavy atom. The minimum absolute atomic E-state index is 0.311. The highest BCUT2D eigenvalue weighted by Crippen LogP contribution is 2.25. The van der Waals surface area contributed by atoms with E-state index >= 15 is 0 Å². The summed E-state index contributed by atoms with van der Waals surface area (Å²) in [6.07, 6.45) is 0. The van der Waals surface area contributed by atoms with E-state index in [0.29, 0.717) is 0 Å². The van der Waals surface area contributed by atoms with E-state index in [2.05, 4.69) is 0 Å². The predicted molar refractivity (Wildman–Crippen MR) is 53.4 cm³/mol. The van der Waals surface area contributed by atoms with Gasteiger partial charge in [0.15, 0.2) is 0 Å². The van der Waals surface area contributed by atoms with Gasteiger partial charge in [-0.3, -0.25) is 0 Å². The van der Waals surface area contributed by atoms with E-state index < -0.39 is 0 Å². The van der Waals surface area contributed by atoms with Gasteiger partial charge in [0.25, 0.3) is 0 Å². The third-order valence-corrected chi connectivity index (χ3v) is 2.37. The number of nitrogens with two attached hydrogens (primary N) is 1. The molecular weight excluding hydrogens is 170 g/mol. The molecule has 0 atom stereocenters. The molecule has 1 rings (SSSR count). The lowest BCUT2D eigenvalue weighted by Crippen LogP contribution is -2.29. The van der Waals surface area contributed by atoms with Crippen LogP contribution in [-0.4, -0.2) is 0 Å². The molecule has 0 aliphatic carbocycles. The molecule has 1 nitrogen and oxygen atoms in total. The number of hydrogen-bond donors (Lipinski definition) is 1. The quantitative estimate of drug-likeness (QED) is 0.712. The fourth-order valence-corrected chi connectivity index (χ4v) is 1.48. The normalized spacial score (nSPS) is 11.8. The topological polar surface area (TPSA) is 26.0 Å². The molecule has 1 aromatic carbocycles. The molecule has 0 aliphatic rings. The lowest BCUT2D eigenvalue weighted by atomic mass is 9.92. The number of halogens is 1. The summed E-state index contributed by atoms with van der Waals surface area (Å²) in [7, 11) is 0. The summed E-state index contributed by atoms with van der Waals surface area (Å²) in [6, 6.07) is 5.83. The first-order valence-corrected chi connectivity index (χ1v) is 4.35. The summed E-state index contributed by atoms with van der Waals surface area (Å²) in [5.41, 5.74) is 7.84. The van der Waals surface area contributed by atoms with Crippen LogP contribution in [0.5, 0.6) is 0 Å². The molecule has 66 valence electrons. The summed E-state index contributed by atoms with van der Waals surface area (Å²) in [6.45, 7) is 5.95. The summed E-state index contributed by atoms with van der Waals surface area (Å²) in [4.78, 5) is 0. The largest absolute Gasteiger partial charge is 0.322 e. The van der Waals surface area contributed by atoms with E-state index in [0.717, 1.165) is 16.1 Å². The Morgan fingerprint density at radius 3 is 2.33 bits per heavy atom. The Labute approximate surface area is 78.5 Å². The molecule has 1 aromatic rings. The van der Waals surface area contributed by atoms with Crippen molar-refractivity contribution in [3.05, 3.63) is 34.3 Å². The Balaban J connectivity index is 3.26. The Hall–Kier alpha value is -0.530. The molecular formula is C10H14ClN. The maximum absolute atomic E-state index is 5.97. The first-order chi connectivity index (χ1) is 5.43. The summed E-state index contributed by atoms with van der Waals surface area (Å²) < 4.78 is 0. The fourth-order valence-electron chi connectivity index (χ4n) is 1.31. The molecule has 0 saturated carbocycles. The van der Waals surface area contributed by atoms with Gasteiger partial charge in [-0.25, -0.2) is 0 Å². The summed E-state index contributed by atoms with van der Waals surface area (Å²) in [5, 5.41) is 0.783. The highest BCUT2D eigenvalue weighted by Gasteiger charge is 2.17. The third-order valence-electron chi connectivity index (χ3n) is 1.96. The minimum atomic E-state index is -0.311. The first kappa shape index (κ1) is 9.56. The van der Waals surface area contributed by atoms with Gasteiger partial charge in [-0.05, 0) is 38.0 Å². The lowest BCUT2D eigenvalue weighted by molar-refractivity contribution is 0.551. The van der Waals surface area contributed by atoms with Crippen LogP contribution in [-0.2, 0) is 5.54 Å². The Bertz CT molecular complexity index is 286. The molecule has 0 amide bonds. The smallest absolute Gasteiger partial charge is 0.0438 e. The van der Waals surface area contributed by atoms with E-state index in [9.17, 15) is 0 Å². The molecule has 0 aliphatic heterocycles. The van der Waals surface area contributed by atoms with Crippen molar-refractivity contribution in [1.29, 1.82) is 0 Å². The highest BCUT2D eigenvalue weighted by atomic mass is 35.5. The minimum Gasteiger partial charge on any atom is -0.322 e.